The molecule has 0 saturated carbocycles. The van der Waals surface area contributed by atoms with E-state index in [9.17, 15) is 18.4 Å². The van der Waals surface area contributed by atoms with Crippen molar-refractivity contribution in [3.05, 3.63) is 36.0 Å². The maximum Gasteiger partial charge on any atom is 0.268 e. The minimum absolute atomic E-state index is 0.312. The lowest BCUT2D eigenvalue weighted by Gasteiger charge is -2.19. The Bertz CT molecular complexity index is 979. The second-order valence-electron chi connectivity index (χ2n) is 6.73. The van der Waals surface area contributed by atoms with Crippen molar-refractivity contribution in [3.63, 3.8) is 0 Å². The van der Waals surface area contributed by atoms with Crippen LogP contribution in [0.3, 0.4) is 0 Å². The van der Waals surface area contributed by atoms with E-state index >= 15 is 0 Å². The standard InChI is InChI=1S/C19H19BF2N5O2/c1-2-20-26-15-5-3-4-13-14(6-7-24-17(13)15)18(29)25-10-16(28)27-11-19(21,22)8-12(27)9-23/h3-7,12,26H,2,8,10-11H2,1H3,(H,25,29)/t12-/m0/s1. The van der Waals surface area contributed by atoms with Crippen molar-refractivity contribution in [3.8, 4) is 6.07 Å². The number of para-hydroxylation sites is 1. The van der Waals surface area contributed by atoms with Crippen molar-refractivity contribution in [1.82, 2.24) is 15.2 Å². The number of carbonyl (C=O) groups is 2. The van der Waals surface area contributed by atoms with Crippen LogP contribution in [-0.2, 0) is 4.79 Å². The second kappa shape index (κ2) is 8.43. The molecule has 1 saturated heterocycles. The van der Waals surface area contributed by atoms with Gasteiger partial charge in [0.2, 0.25) is 13.3 Å². The van der Waals surface area contributed by atoms with Crippen LogP contribution in [0.5, 0.6) is 0 Å². The van der Waals surface area contributed by atoms with Gasteiger partial charge in [-0.05, 0) is 12.1 Å². The van der Waals surface area contributed by atoms with Gasteiger partial charge in [-0.1, -0.05) is 25.4 Å². The summed E-state index contributed by atoms with van der Waals surface area (Å²) in [7, 11) is 1.86. The minimum atomic E-state index is -3.10. The number of hydrogen-bond acceptors (Lipinski definition) is 5. The SMILES string of the molecule is CC[B]Nc1cccc2c(C(=O)NCC(=O)N3CC(F)(F)C[C@H]3C#N)ccnc12. The Morgan fingerprint density at radius 2 is 2.21 bits per heavy atom. The molecule has 1 radical (unpaired) electrons. The molecule has 3 rings (SSSR count). The highest BCUT2D eigenvalue weighted by Crippen LogP contribution is 2.31. The van der Waals surface area contributed by atoms with E-state index in [1.165, 1.54) is 12.3 Å². The third-order valence-corrected chi connectivity index (χ3v) is 4.62. The molecule has 2 heterocycles. The average Bonchev–Trinajstić information content (AvgIpc) is 3.04. The number of fused-ring (bicyclic) bond motifs is 1. The van der Waals surface area contributed by atoms with Crippen LogP contribution in [0.4, 0.5) is 14.5 Å². The summed E-state index contributed by atoms with van der Waals surface area (Å²) in [6.45, 7) is 0.689. The number of carbonyl (C=O) groups excluding carboxylic acids is 2. The van der Waals surface area contributed by atoms with Crippen LogP contribution in [0.25, 0.3) is 10.9 Å². The number of nitriles is 1. The lowest BCUT2D eigenvalue weighted by molar-refractivity contribution is -0.131. The van der Waals surface area contributed by atoms with Gasteiger partial charge in [0.15, 0.2) is 0 Å². The van der Waals surface area contributed by atoms with Crippen molar-refractivity contribution in [1.29, 1.82) is 5.26 Å². The van der Waals surface area contributed by atoms with E-state index in [4.69, 9.17) is 5.26 Å². The molecule has 0 unspecified atom stereocenters. The number of aromatic nitrogens is 1. The number of nitrogens with zero attached hydrogens (tertiary/aromatic N) is 3. The number of halogens is 2. The fraction of sp³-hybridized carbons (Fsp3) is 0.368. The maximum atomic E-state index is 13.5. The van der Waals surface area contributed by atoms with Crippen LogP contribution in [0.15, 0.2) is 30.5 Å². The van der Waals surface area contributed by atoms with Crippen LogP contribution in [-0.4, -0.2) is 54.2 Å². The topological polar surface area (TPSA) is 98.1 Å². The Labute approximate surface area is 167 Å². The second-order valence-corrected chi connectivity index (χ2v) is 6.73. The Morgan fingerprint density at radius 3 is 2.93 bits per heavy atom. The monoisotopic (exact) mass is 398 g/mol. The van der Waals surface area contributed by atoms with Crippen molar-refractivity contribution in [2.45, 2.75) is 31.6 Å². The van der Waals surface area contributed by atoms with Gasteiger partial charge in [0.05, 0.1) is 30.2 Å². The molecular formula is C19H19BF2N5O2. The van der Waals surface area contributed by atoms with Gasteiger partial charge >= 0.3 is 0 Å². The molecule has 1 atom stereocenters. The molecule has 1 aromatic heterocycles. The fourth-order valence-electron chi connectivity index (χ4n) is 3.25. The van der Waals surface area contributed by atoms with Gasteiger partial charge in [0, 0.05) is 23.7 Å². The number of pyridine rings is 1. The molecule has 0 spiro atoms. The number of likely N-dealkylation sites (tertiary alicyclic amines) is 1. The van der Waals surface area contributed by atoms with Gasteiger partial charge in [-0.2, -0.15) is 5.26 Å². The summed E-state index contributed by atoms with van der Waals surface area (Å²) in [5, 5.41) is 15.2. The smallest absolute Gasteiger partial charge is 0.268 e. The normalized spacial score (nSPS) is 17.6. The molecule has 2 aromatic rings. The zero-order chi connectivity index (χ0) is 21.0. The predicted molar refractivity (Wildman–Crippen MR) is 105 cm³/mol. The average molecular weight is 398 g/mol. The third-order valence-electron chi connectivity index (χ3n) is 4.62. The van der Waals surface area contributed by atoms with Crippen molar-refractivity contribution < 1.29 is 18.4 Å². The number of rotatable bonds is 6. The molecule has 0 aliphatic carbocycles. The summed E-state index contributed by atoms with van der Waals surface area (Å²) < 4.78 is 27.0. The van der Waals surface area contributed by atoms with E-state index in [-0.39, 0.29) is 0 Å². The molecule has 1 aliphatic rings. The van der Waals surface area contributed by atoms with Gasteiger partial charge in [-0.3, -0.25) is 14.6 Å². The first kappa shape index (κ1) is 20.5. The van der Waals surface area contributed by atoms with Gasteiger partial charge in [-0.15, -0.1) is 0 Å². The number of alkyl halides is 2. The maximum absolute atomic E-state index is 13.5. The van der Waals surface area contributed by atoms with Crippen molar-refractivity contribution >= 4 is 35.8 Å². The van der Waals surface area contributed by atoms with E-state index in [0.29, 0.717) is 16.5 Å². The van der Waals surface area contributed by atoms with Gasteiger partial charge < -0.3 is 15.4 Å². The quantitative estimate of drug-likeness (QED) is 0.727. The van der Waals surface area contributed by atoms with E-state index in [1.54, 1.807) is 18.2 Å². The van der Waals surface area contributed by atoms with E-state index in [2.05, 4.69) is 15.5 Å². The first-order chi connectivity index (χ1) is 13.9. The largest absolute Gasteiger partial charge is 0.430 e. The number of nitrogens with one attached hydrogen (secondary N) is 2. The number of amides is 2. The first-order valence-electron chi connectivity index (χ1n) is 9.17. The summed E-state index contributed by atoms with van der Waals surface area (Å²) in [6, 6.07) is 7.40. The summed E-state index contributed by atoms with van der Waals surface area (Å²) in [5.41, 5.74) is 1.65. The van der Waals surface area contributed by atoms with E-state index in [0.717, 1.165) is 16.9 Å². The van der Waals surface area contributed by atoms with Crippen LogP contribution in [0, 0.1) is 11.3 Å². The molecule has 1 aromatic carbocycles. The fourth-order valence-corrected chi connectivity index (χ4v) is 3.25. The van der Waals surface area contributed by atoms with Crippen LogP contribution >= 0.6 is 0 Å². The lowest BCUT2D eigenvalue weighted by Crippen LogP contribution is -2.43. The van der Waals surface area contributed by atoms with Gasteiger partial charge in [0.1, 0.15) is 6.04 Å². The van der Waals surface area contributed by atoms with E-state index in [1.807, 2.05) is 20.4 Å². The predicted octanol–water partition coefficient (Wildman–Crippen LogP) is 2.19. The highest BCUT2D eigenvalue weighted by molar-refractivity contribution is 6.41. The molecular weight excluding hydrogens is 379 g/mol. The Morgan fingerprint density at radius 1 is 1.41 bits per heavy atom. The molecule has 149 valence electrons. The molecule has 1 fully saturated rings. The summed E-state index contributed by atoms with van der Waals surface area (Å²) >= 11 is 0. The first-order valence-corrected chi connectivity index (χ1v) is 9.17. The zero-order valence-electron chi connectivity index (χ0n) is 15.8. The molecule has 2 amide bonds. The summed E-state index contributed by atoms with van der Waals surface area (Å²) in [4.78, 5) is 30.0. The molecule has 29 heavy (non-hydrogen) atoms. The molecule has 10 heteroatoms. The third kappa shape index (κ3) is 4.45. The summed E-state index contributed by atoms with van der Waals surface area (Å²) in [5.74, 6) is -4.34. The zero-order valence-corrected chi connectivity index (χ0v) is 15.8. The molecule has 0 bridgehead atoms. The van der Waals surface area contributed by atoms with E-state index < -0.39 is 43.3 Å². The highest BCUT2D eigenvalue weighted by Gasteiger charge is 2.47. The Hall–Kier alpha value is -3.22. The highest BCUT2D eigenvalue weighted by atomic mass is 19.3. The minimum Gasteiger partial charge on any atom is -0.430 e. The van der Waals surface area contributed by atoms with Crippen LogP contribution in [0.1, 0.15) is 23.7 Å². The Kier molecular flexibility index (Phi) is 5.96. The number of anilines is 1. The molecule has 7 nitrogen and oxygen atoms in total. The molecule has 1 aliphatic heterocycles. The van der Waals surface area contributed by atoms with Crippen molar-refractivity contribution in [2.24, 2.45) is 0 Å². The van der Waals surface area contributed by atoms with Gasteiger partial charge in [0.25, 0.3) is 11.8 Å². The number of benzene rings is 1. The Balaban J connectivity index is 1.74. The lowest BCUT2D eigenvalue weighted by atomic mass is 9.90. The summed E-state index contributed by atoms with van der Waals surface area (Å²) in [6.07, 6.45) is 1.60. The van der Waals surface area contributed by atoms with Crippen molar-refractivity contribution in [2.75, 3.05) is 18.3 Å². The number of hydrogen-bond donors (Lipinski definition) is 2. The molecule has 2 N–H and O–H groups in total. The van der Waals surface area contributed by atoms with Crippen LogP contribution < -0.4 is 10.5 Å². The van der Waals surface area contributed by atoms with Crippen LogP contribution in [0.2, 0.25) is 6.32 Å². The van der Waals surface area contributed by atoms with Gasteiger partial charge in [-0.25, -0.2) is 8.78 Å².